The van der Waals surface area contributed by atoms with Crippen molar-refractivity contribution >= 4 is 12.0 Å². The minimum absolute atomic E-state index is 0.195. The van der Waals surface area contributed by atoms with E-state index in [0.717, 1.165) is 16.7 Å². The summed E-state index contributed by atoms with van der Waals surface area (Å²) in [6.45, 7) is 5.91. The van der Waals surface area contributed by atoms with Crippen molar-refractivity contribution in [2.45, 2.75) is 45.4 Å². The molecule has 6 nitrogen and oxygen atoms in total. The van der Waals surface area contributed by atoms with E-state index < -0.39 is 17.9 Å². The molecule has 176 valence electrons. The zero-order valence-electron chi connectivity index (χ0n) is 19.9. The summed E-state index contributed by atoms with van der Waals surface area (Å²) >= 11 is 0. The van der Waals surface area contributed by atoms with Gasteiger partial charge in [0.15, 0.2) is 0 Å². The number of ether oxygens (including phenoxy) is 2. The molecule has 0 saturated heterocycles. The summed E-state index contributed by atoms with van der Waals surface area (Å²) in [6, 6.07) is 17.3. The second-order valence-electron chi connectivity index (χ2n) is 8.85. The van der Waals surface area contributed by atoms with Crippen molar-refractivity contribution in [1.82, 2.24) is 10.2 Å². The van der Waals surface area contributed by atoms with Gasteiger partial charge in [0.2, 0.25) is 5.91 Å². The van der Waals surface area contributed by atoms with E-state index in [4.69, 9.17) is 9.47 Å². The average molecular weight is 459 g/mol. The molecule has 34 heavy (non-hydrogen) atoms. The van der Waals surface area contributed by atoms with Crippen LogP contribution in [-0.2, 0) is 20.7 Å². The van der Waals surface area contributed by atoms with Crippen molar-refractivity contribution < 1.29 is 19.1 Å². The van der Waals surface area contributed by atoms with Gasteiger partial charge < -0.3 is 14.4 Å². The number of alkyl carbamates (subject to hydrolysis) is 1. The van der Waals surface area contributed by atoms with Crippen molar-refractivity contribution in [1.29, 1.82) is 0 Å². The second-order valence-corrected chi connectivity index (χ2v) is 8.85. The Labute approximate surface area is 201 Å². The first kappa shape index (κ1) is 24.9. The molecular formula is C28H30N2O4. The van der Waals surface area contributed by atoms with Gasteiger partial charge in [-0.1, -0.05) is 66.1 Å². The highest BCUT2D eigenvalue weighted by Gasteiger charge is 2.22. The lowest BCUT2D eigenvalue weighted by Crippen LogP contribution is -2.44. The van der Waals surface area contributed by atoms with Gasteiger partial charge >= 0.3 is 6.09 Å². The number of carbonyl (C=O) groups is 2. The van der Waals surface area contributed by atoms with E-state index in [0.29, 0.717) is 19.4 Å². The number of nitrogens with zero attached hydrogens (tertiary/aromatic N) is 1. The van der Waals surface area contributed by atoms with Gasteiger partial charge in [0, 0.05) is 30.5 Å². The van der Waals surface area contributed by atoms with Crippen LogP contribution in [0.2, 0.25) is 0 Å². The highest BCUT2D eigenvalue weighted by Crippen LogP contribution is 2.10. The Balaban J connectivity index is 1.64. The monoisotopic (exact) mass is 458 g/mol. The van der Waals surface area contributed by atoms with Gasteiger partial charge in [-0.15, -0.1) is 0 Å². The molecule has 0 aromatic heterocycles. The molecule has 1 aliphatic heterocycles. The van der Waals surface area contributed by atoms with Crippen LogP contribution in [0.25, 0.3) is 0 Å². The largest absolute Gasteiger partial charge is 0.444 e. The quantitative estimate of drug-likeness (QED) is 0.529. The van der Waals surface area contributed by atoms with Crippen molar-refractivity contribution in [3.8, 4) is 23.7 Å². The fourth-order valence-electron chi connectivity index (χ4n) is 3.25. The zero-order chi connectivity index (χ0) is 24.4. The molecule has 6 heteroatoms. The summed E-state index contributed by atoms with van der Waals surface area (Å²) in [5.41, 5.74) is 2.08. The fraction of sp³-hybridized carbons (Fsp3) is 0.357. The molecule has 1 heterocycles. The summed E-state index contributed by atoms with van der Waals surface area (Å²) in [5.74, 6) is 12.2. The van der Waals surface area contributed by atoms with Crippen LogP contribution in [0.1, 0.15) is 43.9 Å². The highest BCUT2D eigenvalue weighted by molar-refractivity contribution is 5.78. The molecule has 2 aromatic rings. The number of hydrogen-bond donors (Lipinski definition) is 1. The Morgan fingerprint density at radius 3 is 2.32 bits per heavy atom. The molecule has 2 aromatic carbocycles. The first-order chi connectivity index (χ1) is 16.3. The Kier molecular flexibility index (Phi) is 8.73. The first-order valence-electron chi connectivity index (χ1n) is 11.3. The average Bonchev–Trinajstić information content (AvgIpc) is 2.79. The van der Waals surface area contributed by atoms with Gasteiger partial charge in [-0.2, -0.15) is 0 Å². The number of carbonyl (C=O) groups excluding carboxylic acids is 2. The molecule has 0 saturated carbocycles. The van der Waals surface area contributed by atoms with Crippen LogP contribution in [0.3, 0.4) is 0 Å². The predicted molar refractivity (Wildman–Crippen MR) is 131 cm³/mol. The van der Waals surface area contributed by atoms with Crippen molar-refractivity contribution in [2.75, 3.05) is 19.7 Å². The summed E-state index contributed by atoms with van der Waals surface area (Å²) in [6.07, 6.45) is -0.389. The molecule has 0 fully saturated rings. The molecule has 1 aliphatic rings. The smallest absolute Gasteiger partial charge is 0.409 e. The topological polar surface area (TPSA) is 67.9 Å². The molecule has 1 atom stereocenters. The van der Waals surface area contributed by atoms with Crippen molar-refractivity contribution in [2.24, 2.45) is 0 Å². The molecule has 0 radical (unpaired) electrons. The van der Waals surface area contributed by atoms with E-state index in [9.17, 15) is 9.59 Å². The zero-order valence-corrected chi connectivity index (χ0v) is 19.9. The summed E-state index contributed by atoms with van der Waals surface area (Å²) in [4.78, 5) is 26.9. The van der Waals surface area contributed by atoms with E-state index in [1.165, 1.54) is 0 Å². The van der Waals surface area contributed by atoms with Gasteiger partial charge in [0.25, 0.3) is 0 Å². The number of nitrogens with one attached hydrogen (secondary N) is 1. The van der Waals surface area contributed by atoms with Gasteiger partial charge in [-0.05, 0) is 38.5 Å². The number of benzene rings is 2. The Bertz CT molecular complexity index is 1110. The predicted octanol–water partition coefficient (Wildman–Crippen LogP) is 3.73. The van der Waals surface area contributed by atoms with E-state index in [1.807, 2.05) is 54.6 Å². The minimum Gasteiger partial charge on any atom is -0.444 e. The molecule has 1 N–H and O–H groups in total. The van der Waals surface area contributed by atoms with E-state index in [2.05, 4.69) is 29.0 Å². The van der Waals surface area contributed by atoms with Crippen LogP contribution in [0.5, 0.6) is 0 Å². The number of fused-ring (bicyclic) bond motifs is 1. The third kappa shape index (κ3) is 8.31. The third-order valence-electron chi connectivity index (χ3n) is 4.85. The Morgan fingerprint density at radius 1 is 1.00 bits per heavy atom. The Morgan fingerprint density at radius 2 is 1.65 bits per heavy atom. The maximum absolute atomic E-state index is 12.9. The summed E-state index contributed by atoms with van der Waals surface area (Å²) in [7, 11) is 0. The lowest BCUT2D eigenvalue weighted by molar-refractivity contribution is -0.138. The van der Waals surface area contributed by atoms with Crippen molar-refractivity contribution in [3.63, 3.8) is 0 Å². The molecule has 2 amide bonds. The molecule has 0 spiro atoms. The molecule has 3 rings (SSSR count). The summed E-state index contributed by atoms with van der Waals surface area (Å²) < 4.78 is 11.2. The molecule has 0 aliphatic carbocycles. The lowest BCUT2D eigenvalue weighted by atomic mass is 10.1. The van der Waals surface area contributed by atoms with Crippen LogP contribution in [0.15, 0.2) is 54.6 Å². The second kappa shape index (κ2) is 11.9. The van der Waals surface area contributed by atoms with Gasteiger partial charge in [-0.25, -0.2) is 4.79 Å². The normalized spacial score (nSPS) is 13.8. The van der Waals surface area contributed by atoms with Crippen molar-refractivity contribution in [3.05, 3.63) is 71.3 Å². The number of rotatable bonds is 6. The van der Waals surface area contributed by atoms with Crippen LogP contribution >= 0.6 is 0 Å². The van der Waals surface area contributed by atoms with E-state index in [-0.39, 0.29) is 19.1 Å². The van der Waals surface area contributed by atoms with Gasteiger partial charge in [0.1, 0.15) is 18.4 Å². The maximum Gasteiger partial charge on any atom is 0.409 e. The highest BCUT2D eigenvalue weighted by atomic mass is 16.6. The van der Waals surface area contributed by atoms with Gasteiger partial charge in [-0.3, -0.25) is 10.1 Å². The third-order valence-corrected chi connectivity index (χ3v) is 4.85. The number of amides is 2. The molecular weight excluding hydrogens is 428 g/mol. The first-order valence-corrected chi connectivity index (χ1v) is 11.3. The van der Waals surface area contributed by atoms with Gasteiger partial charge in [0.05, 0.1) is 6.54 Å². The lowest BCUT2D eigenvalue weighted by Gasteiger charge is -2.25. The molecule has 0 bridgehead atoms. The van der Waals surface area contributed by atoms with Crippen LogP contribution in [-0.4, -0.2) is 48.4 Å². The minimum atomic E-state index is -0.723. The van der Waals surface area contributed by atoms with Crippen LogP contribution < -0.4 is 5.32 Å². The number of hydrogen-bond acceptors (Lipinski definition) is 4. The standard InChI is InChI=1S/C28H30N2O4/c1-28(2,3)34-27(32)29-25(20-22-12-5-4-6-13-22)33-21-26(31)30-18-10-9-16-23-14-7-8-15-24(23)17-11-19-30/h4-8,12-15,25H,10,18-21H2,1-3H3,(H,29,32)/t25-/m1/s1. The maximum atomic E-state index is 12.9. The van der Waals surface area contributed by atoms with Crippen LogP contribution in [0.4, 0.5) is 4.79 Å². The Hall–Kier alpha value is -3.74. The van der Waals surface area contributed by atoms with E-state index in [1.54, 1.807) is 25.7 Å². The summed E-state index contributed by atoms with van der Waals surface area (Å²) in [5, 5.41) is 2.73. The van der Waals surface area contributed by atoms with E-state index >= 15 is 0 Å². The molecule has 0 unspecified atom stereocenters. The SMILES string of the molecule is CC(C)(C)OC(=O)N[C@@H](Cc1ccccc1)OCC(=O)N1CC#Cc2ccccc2C#CCC1. The fourth-order valence-corrected chi connectivity index (χ4v) is 3.25. The van der Waals surface area contributed by atoms with Crippen LogP contribution in [0, 0.1) is 23.7 Å².